The molecule has 4 nitrogen and oxygen atoms in total. The summed E-state index contributed by atoms with van der Waals surface area (Å²) in [5.74, 6) is -0.0137. The third-order valence-corrected chi connectivity index (χ3v) is 4.34. The van der Waals surface area contributed by atoms with Crippen LogP contribution in [0, 0.1) is 20.8 Å². The first-order valence-electron chi connectivity index (χ1n) is 8.00. The minimum absolute atomic E-state index is 0.0137. The molecule has 0 N–H and O–H groups in total. The molecule has 3 rings (SSSR count). The van der Waals surface area contributed by atoms with Gasteiger partial charge in [-0.3, -0.25) is 4.79 Å². The fraction of sp³-hybridized carbons (Fsp3) is 0.250. The lowest BCUT2D eigenvalue weighted by molar-refractivity contribution is 0.0785. The minimum atomic E-state index is -0.0137. The number of carbonyl (C=O) groups is 1. The van der Waals surface area contributed by atoms with Crippen molar-refractivity contribution in [2.24, 2.45) is 0 Å². The zero-order valence-electron chi connectivity index (χ0n) is 14.5. The summed E-state index contributed by atoms with van der Waals surface area (Å²) in [4.78, 5) is 23.5. The average molecular weight is 319 g/mol. The van der Waals surface area contributed by atoms with E-state index in [1.807, 2.05) is 51.2 Å². The number of amides is 1. The Kier molecular flexibility index (Phi) is 4.30. The van der Waals surface area contributed by atoms with E-state index in [1.165, 1.54) is 5.56 Å². The molecule has 1 heterocycles. The van der Waals surface area contributed by atoms with Crippen molar-refractivity contribution in [2.45, 2.75) is 27.3 Å². The molecule has 0 spiro atoms. The van der Waals surface area contributed by atoms with Crippen molar-refractivity contribution >= 4 is 16.9 Å². The van der Waals surface area contributed by atoms with Gasteiger partial charge in [-0.25, -0.2) is 9.97 Å². The highest BCUT2D eigenvalue weighted by Crippen LogP contribution is 2.17. The molecule has 0 aliphatic carbocycles. The summed E-state index contributed by atoms with van der Waals surface area (Å²) < 4.78 is 0. The third kappa shape index (κ3) is 3.13. The van der Waals surface area contributed by atoms with E-state index >= 15 is 0 Å². The van der Waals surface area contributed by atoms with Crippen LogP contribution in [-0.2, 0) is 6.54 Å². The summed E-state index contributed by atoms with van der Waals surface area (Å²) >= 11 is 0. The Morgan fingerprint density at radius 2 is 1.62 bits per heavy atom. The molecule has 1 aromatic heterocycles. The molecule has 3 aromatic rings. The Morgan fingerprint density at radius 3 is 2.33 bits per heavy atom. The van der Waals surface area contributed by atoms with Gasteiger partial charge in [0.15, 0.2) is 0 Å². The van der Waals surface area contributed by atoms with Gasteiger partial charge < -0.3 is 4.90 Å². The maximum Gasteiger partial charge on any atom is 0.253 e. The highest BCUT2D eigenvalue weighted by molar-refractivity contribution is 5.97. The number of nitrogens with zero attached hydrogens (tertiary/aromatic N) is 3. The lowest BCUT2D eigenvalue weighted by Crippen LogP contribution is -2.26. The predicted octanol–water partition coefficient (Wildman–Crippen LogP) is 3.83. The number of aromatic nitrogens is 2. The van der Waals surface area contributed by atoms with Crippen LogP contribution in [0.15, 0.2) is 42.5 Å². The maximum absolute atomic E-state index is 12.7. The molecule has 24 heavy (non-hydrogen) atoms. The summed E-state index contributed by atoms with van der Waals surface area (Å²) in [6.07, 6.45) is 0. The number of hydrogen-bond donors (Lipinski definition) is 0. The quantitative estimate of drug-likeness (QED) is 0.737. The molecule has 122 valence electrons. The van der Waals surface area contributed by atoms with Crippen LogP contribution >= 0.6 is 0 Å². The molecule has 0 radical (unpaired) electrons. The van der Waals surface area contributed by atoms with Crippen molar-refractivity contribution in [1.82, 2.24) is 14.9 Å². The molecule has 0 unspecified atom stereocenters. The first kappa shape index (κ1) is 16.1. The number of aryl methyl sites for hydroxylation is 3. The van der Waals surface area contributed by atoms with Crippen molar-refractivity contribution in [3.8, 4) is 0 Å². The lowest BCUT2D eigenvalue weighted by Gasteiger charge is -2.18. The van der Waals surface area contributed by atoms with Crippen molar-refractivity contribution in [2.75, 3.05) is 7.05 Å². The Balaban J connectivity index is 1.87. The number of fused-ring (bicyclic) bond motifs is 1. The number of carbonyl (C=O) groups excluding carboxylic acids is 1. The number of benzene rings is 2. The Hall–Kier alpha value is -2.75. The van der Waals surface area contributed by atoms with Gasteiger partial charge in [0.25, 0.3) is 5.91 Å². The van der Waals surface area contributed by atoms with Gasteiger partial charge in [-0.15, -0.1) is 0 Å². The van der Waals surface area contributed by atoms with E-state index in [0.29, 0.717) is 12.1 Å². The minimum Gasteiger partial charge on any atom is -0.337 e. The molecular weight excluding hydrogens is 298 g/mol. The summed E-state index contributed by atoms with van der Waals surface area (Å²) in [7, 11) is 1.82. The van der Waals surface area contributed by atoms with Gasteiger partial charge in [-0.05, 0) is 50.1 Å². The topological polar surface area (TPSA) is 46.1 Å². The normalized spacial score (nSPS) is 10.8. The third-order valence-electron chi connectivity index (χ3n) is 4.34. The molecular formula is C20H21N3O. The zero-order chi connectivity index (χ0) is 17.3. The predicted molar refractivity (Wildman–Crippen MR) is 96.0 cm³/mol. The molecule has 0 saturated heterocycles. The second kappa shape index (κ2) is 6.40. The molecule has 0 bridgehead atoms. The highest BCUT2D eigenvalue weighted by Gasteiger charge is 2.14. The van der Waals surface area contributed by atoms with Crippen LogP contribution < -0.4 is 0 Å². The first-order valence-corrected chi connectivity index (χ1v) is 8.00. The lowest BCUT2D eigenvalue weighted by atomic mass is 10.1. The number of rotatable bonds is 3. The maximum atomic E-state index is 12.7. The van der Waals surface area contributed by atoms with Crippen molar-refractivity contribution in [3.05, 3.63) is 70.5 Å². The van der Waals surface area contributed by atoms with Gasteiger partial charge >= 0.3 is 0 Å². The Bertz CT molecular complexity index is 918. The van der Waals surface area contributed by atoms with E-state index in [4.69, 9.17) is 0 Å². The van der Waals surface area contributed by atoms with Crippen molar-refractivity contribution in [3.63, 3.8) is 0 Å². The van der Waals surface area contributed by atoms with Crippen LogP contribution in [0.5, 0.6) is 0 Å². The molecule has 0 fully saturated rings. The fourth-order valence-electron chi connectivity index (χ4n) is 2.70. The van der Waals surface area contributed by atoms with Gasteiger partial charge in [-0.1, -0.05) is 24.3 Å². The Morgan fingerprint density at radius 1 is 0.958 bits per heavy atom. The zero-order valence-corrected chi connectivity index (χ0v) is 14.5. The van der Waals surface area contributed by atoms with Crippen LogP contribution in [0.4, 0.5) is 0 Å². The van der Waals surface area contributed by atoms with Gasteiger partial charge in [0.1, 0.15) is 0 Å². The SMILES string of the molecule is Cc1ccccc1CN(C)C(=O)c1ccc2nc(C)c(C)nc2c1. The van der Waals surface area contributed by atoms with E-state index in [2.05, 4.69) is 29.0 Å². The fourth-order valence-corrected chi connectivity index (χ4v) is 2.70. The van der Waals surface area contributed by atoms with Crippen molar-refractivity contribution in [1.29, 1.82) is 0 Å². The molecule has 0 aliphatic rings. The van der Waals surface area contributed by atoms with Gasteiger partial charge in [-0.2, -0.15) is 0 Å². The van der Waals surface area contributed by atoms with E-state index in [0.717, 1.165) is 28.0 Å². The average Bonchev–Trinajstić information content (AvgIpc) is 2.57. The molecule has 0 atom stereocenters. The van der Waals surface area contributed by atoms with E-state index in [-0.39, 0.29) is 5.91 Å². The Labute approximate surface area is 142 Å². The summed E-state index contributed by atoms with van der Waals surface area (Å²) in [5, 5.41) is 0. The van der Waals surface area contributed by atoms with Crippen LogP contribution in [0.1, 0.15) is 32.9 Å². The summed E-state index contributed by atoms with van der Waals surface area (Å²) in [5.41, 5.74) is 6.35. The van der Waals surface area contributed by atoms with Crippen LogP contribution in [0.25, 0.3) is 11.0 Å². The molecule has 4 heteroatoms. The first-order chi connectivity index (χ1) is 11.5. The molecule has 0 aliphatic heterocycles. The molecule has 0 saturated carbocycles. The summed E-state index contributed by atoms with van der Waals surface area (Å²) in [6.45, 7) is 6.52. The van der Waals surface area contributed by atoms with Gasteiger partial charge in [0.05, 0.1) is 22.4 Å². The number of hydrogen-bond acceptors (Lipinski definition) is 3. The smallest absolute Gasteiger partial charge is 0.253 e. The second-order valence-corrected chi connectivity index (χ2v) is 6.19. The standard InChI is InChI=1S/C20H21N3O/c1-13-7-5-6-8-17(13)12-23(4)20(24)16-9-10-18-19(11-16)22-15(3)14(2)21-18/h5-11H,12H2,1-4H3. The second-order valence-electron chi connectivity index (χ2n) is 6.19. The monoisotopic (exact) mass is 319 g/mol. The van der Waals surface area contributed by atoms with Crippen molar-refractivity contribution < 1.29 is 4.79 Å². The summed E-state index contributed by atoms with van der Waals surface area (Å²) in [6, 6.07) is 13.6. The van der Waals surface area contributed by atoms with Gasteiger partial charge in [0, 0.05) is 19.2 Å². The largest absolute Gasteiger partial charge is 0.337 e. The van der Waals surface area contributed by atoms with Crippen LogP contribution in [0.3, 0.4) is 0 Å². The highest BCUT2D eigenvalue weighted by atomic mass is 16.2. The van der Waals surface area contributed by atoms with E-state index < -0.39 is 0 Å². The van der Waals surface area contributed by atoms with Gasteiger partial charge in [0.2, 0.25) is 0 Å². The molecule has 2 aromatic carbocycles. The van der Waals surface area contributed by atoms with E-state index in [1.54, 1.807) is 4.90 Å². The van der Waals surface area contributed by atoms with Crippen LogP contribution in [0.2, 0.25) is 0 Å². The van der Waals surface area contributed by atoms with E-state index in [9.17, 15) is 4.79 Å². The van der Waals surface area contributed by atoms with Crippen LogP contribution in [-0.4, -0.2) is 27.8 Å². The molecule has 1 amide bonds.